The summed E-state index contributed by atoms with van der Waals surface area (Å²) >= 11 is 0. The minimum Gasteiger partial charge on any atom is -0.355 e. The van der Waals surface area contributed by atoms with E-state index in [2.05, 4.69) is 40.8 Å². The van der Waals surface area contributed by atoms with Gasteiger partial charge in [0, 0.05) is 69.9 Å². The minimum atomic E-state index is -0.0348. The van der Waals surface area contributed by atoms with Gasteiger partial charge in [0.1, 0.15) is 11.5 Å². The van der Waals surface area contributed by atoms with Gasteiger partial charge in [-0.25, -0.2) is 4.98 Å². The number of aromatic nitrogens is 3. The third-order valence-electron chi connectivity index (χ3n) is 7.32. The SMILES string of the molecule is CC[C@H](C)N1Cc2c(nc(N3CCN(C(C)=O)CC3)nc2N(C)Cc2cnc3ccccc3c2)C1=O. The van der Waals surface area contributed by atoms with E-state index in [0.29, 0.717) is 50.9 Å². The highest BCUT2D eigenvalue weighted by Crippen LogP contribution is 2.33. The van der Waals surface area contributed by atoms with E-state index in [1.165, 1.54) is 0 Å². The van der Waals surface area contributed by atoms with Crippen LogP contribution in [0.1, 0.15) is 48.8 Å². The number of benzene rings is 1. The number of para-hydroxylation sites is 1. The molecule has 5 rings (SSSR count). The molecule has 0 bridgehead atoms. The number of nitrogens with zero attached hydrogens (tertiary/aromatic N) is 7. The molecule has 1 aromatic carbocycles. The van der Waals surface area contributed by atoms with Crippen LogP contribution in [-0.4, -0.2) is 75.8 Å². The van der Waals surface area contributed by atoms with Crippen molar-refractivity contribution in [2.75, 3.05) is 43.0 Å². The maximum Gasteiger partial charge on any atom is 0.273 e. The zero-order valence-electron chi connectivity index (χ0n) is 21.4. The van der Waals surface area contributed by atoms with Gasteiger partial charge in [-0.15, -0.1) is 0 Å². The lowest BCUT2D eigenvalue weighted by atomic mass is 10.1. The highest BCUT2D eigenvalue weighted by Gasteiger charge is 2.36. The van der Waals surface area contributed by atoms with Crippen LogP contribution < -0.4 is 9.80 Å². The highest BCUT2D eigenvalue weighted by molar-refractivity contribution is 5.98. The minimum absolute atomic E-state index is 0.0348. The summed E-state index contributed by atoms with van der Waals surface area (Å²) in [5, 5.41) is 1.10. The lowest BCUT2D eigenvalue weighted by molar-refractivity contribution is -0.129. The number of hydrogen-bond donors (Lipinski definition) is 0. The molecule has 0 unspecified atom stereocenters. The molecule has 0 N–H and O–H groups in total. The monoisotopic (exact) mass is 487 g/mol. The number of anilines is 2. The Bertz CT molecular complexity index is 1300. The maximum atomic E-state index is 13.4. The standard InChI is InChI=1S/C27H33N7O2/c1-5-18(2)34-17-22-24(26(34)36)29-27(33-12-10-32(11-13-33)19(3)35)30-25(22)31(4)16-20-14-21-8-6-7-9-23(21)28-15-20/h6-9,14-15,18H,5,10-13,16-17H2,1-4H3/t18-/m0/s1. The first-order chi connectivity index (χ1) is 17.4. The summed E-state index contributed by atoms with van der Waals surface area (Å²) in [6.45, 7) is 9.40. The Morgan fingerprint density at radius 3 is 2.61 bits per heavy atom. The third kappa shape index (κ3) is 4.45. The van der Waals surface area contributed by atoms with Gasteiger partial charge in [-0.2, -0.15) is 4.98 Å². The van der Waals surface area contributed by atoms with Gasteiger partial charge in [0.15, 0.2) is 0 Å². The lowest BCUT2D eigenvalue weighted by Crippen LogP contribution is -2.48. The Labute approximate surface area is 211 Å². The fourth-order valence-electron chi connectivity index (χ4n) is 4.97. The molecule has 188 valence electrons. The molecule has 9 heteroatoms. The molecular formula is C27H33N7O2. The van der Waals surface area contributed by atoms with Crippen LogP contribution >= 0.6 is 0 Å². The number of pyridine rings is 1. The fourth-order valence-corrected chi connectivity index (χ4v) is 4.97. The predicted octanol–water partition coefficient (Wildman–Crippen LogP) is 3.08. The first kappa shape index (κ1) is 24.0. The molecular weight excluding hydrogens is 454 g/mol. The topological polar surface area (TPSA) is 85.8 Å². The van der Waals surface area contributed by atoms with E-state index in [1.54, 1.807) is 6.92 Å². The van der Waals surface area contributed by atoms with Crippen molar-refractivity contribution in [2.45, 2.75) is 46.3 Å². The third-order valence-corrected chi connectivity index (χ3v) is 7.32. The first-order valence-corrected chi connectivity index (χ1v) is 12.6. The average Bonchev–Trinajstić information content (AvgIpc) is 3.23. The molecule has 2 aliphatic heterocycles. The molecule has 3 aromatic rings. The number of amides is 2. The van der Waals surface area contributed by atoms with Gasteiger partial charge in [-0.05, 0) is 31.0 Å². The van der Waals surface area contributed by atoms with Crippen LogP contribution in [-0.2, 0) is 17.9 Å². The zero-order valence-corrected chi connectivity index (χ0v) is 21.4. The summed E-state index contributed by atoms with van der Waals surface area (Å²) in [6, 6.07) is 10.4. The molecule has 0 saturated carbocycles. The molecule has 2 aliphatic rings. The molecule has 36 heavy (non-hydrogen) atoms. The van der Waals surface area contributed by atoms with E-state index < -0.39 is 0 Å². The van der Waals surface area contributed by atoms with Crippen LogP contribution in [0.2, 0.25) is 0 Å². The van der Waals surface area contributed by atoms with Crippen molar-refractivity contribution < 1.29 is 9.59 Å². The van der Waals surface area contributed by atoms with Gasteiger partial charge in [-0.3, -0.25) is 14.6 Å². The van der Waals surface area contributed by atoms with Gasteiger partial charge in [0.25, 0.3) is 5.91 Å². The van der Waals surface area contributed by atoms with E-state index in [9.17, 15) is 9.59 Å². The molecule has 4 heterocycles. The summed E-state index contributed by atoms with van der Waals surface area (Å²) < 4.78 is 0. The second-order valence-electron chi connectivity index (χ2n) is 9.75. The number of carbonyl (C=O) groups is 2. The highest BCUT2D eigenvalue weighted by atomic mass is 16.2. The summed E-state index contributed by atoms with van der Waals surface area (Å²) in [6.07, 6.45) is 2.78. The summed E-state index contributed by atoms with van der Waals surface area (Å²) in [7, 11) is 2.01. The fraction of sp³-hybridized carbons (Fsp3) is 0.444. The van der Waals surface area contributed by atoms with Gasteiger partial charge >= 0.3 is 0 Å². The molecule has 1 fully saturated rings. The van der Waals surface area contributed by atoms with Crippen LogP contribution in [0.4, 0.5) is 11.8 Å². The Kier molecular flexibility index (Phi) is 6.47. The zero-order chi connectivity index (χ0) is 25.4. The van der Waals surface area contributed by atoms with E-state index in [0.717, 1.165) is 34.3 Å². The first-order valence-electron chi connectivity index (χ1n) is 12.6. The molecule has 0 spiro atoms. The van der Waals surface area contributed by atoms with E-state index in [-0.39, 0.29) is 17.9 Å². The summed E-state index contributed by atoms with van der Waals surface area (Å²) in [5.74, 6) is 1.37. The van der Waals surface area contributed by atoms with Crippen molar-refractivity contribution >= 4 is 34.5 Å². The van der Waals surface area contributed by atoms with Crippen LogP contribution in [0.3, 0.4) is 0 Å². The van der Waals surface area contributed by atoms with E-state index >= 15 is 0 Å². The van der Waals surface area contributed by atoms with Crippen molar-refractivity contribution in [1.82, 2.24) is 24.8 Å². The van der Waals surface area contributed by atoms with Gasteiger partial charge < -0.3 is 19.6 Å². The molecule has 2 amide bonds. The van der Waals surface area contributed by atoms with Crippen molar-refractivity contribution in [3.05, 3.63) is 53.3 Å². The van der Waals surface area contributed by atoms with E-state index in [4.69, 9.17) is 9.97 Å². The second-order valence-corrected chi connectivity index (χ2v) is 9.75. The Balaban J connectivity index is 1.48. The van der Waals surface area contributed by atoms with Crippen LogP contribution in [0.5, 0.6) is 0 Å². The predicted molar refractivity (Wildman–Crippen MR) is 140 cm³/mol. The number of carbonyl (C=O) groups excluding carboxylic acids is 2. The molecule has 2 aromatic heterocycles. The van der Waals surface area contributed by atoms with Crippen LogP contribution in [0.25, 0.3) is 10.9 Å². The number of rotatable bonds is 6. The largest absolute Gasteiger partial charge is 0.355 e. The van der Waals surface area contributed by atoms with Gasteiger partial charge in [0.05, 0.1) is 12.1 Å². The molecule has 9 nitrogen and oxygen atoms in total. The van der Waals surface area contributed by atoms with Crippen molar-refractivity contribution in [1.29, 1.82) is 0 Å². The number of fused-ring (bicyclic) bond motifs is 2. The number of piperazine rings is 1. The van der Waals surface area contributed by atoms with Crippen LogP contribution in [0, 0.1) is 0 Å². The van der Waals surface area contributed by atoms with Crippen LogP contribution in [0.15, 0.2) is 36.5 Å². The second kappa shape index (κ2) is 9.72. The Morgan fingerprint density at radius 2 is 1.89 bits per heavy atom. The maximum absolute atomic E-state index is 13.4. The normalized spacial score (nSPS) is 16.4. The van der Waals surface area contributed by atoms with Crippen molar-refractivity contribution in [3.8, 4) is 0 Å². The van der Waals surface area contributed by atoms with Gasteiger partial charge in [0.2, 0.25) is 11.9 Å². The van der Waals surface area contributed by atoms with Crippen molar-refractivity contribution in [3.63, 3.8) is 0 Å². The Morgan fingerprint density at radius 1 is 1.14 bits per heavy atom. The molecule has 0 aliphatic carbocycles. The lowest BCUT2D eigenvalue weighted by Gasteiger charge is -2.34. The number of hydrogen-bond acceptors (Lipinski definition) is 7. The average molecular weight is 488 g/mol. The smallest absolute Gasteiger partial charge is 0.273 e. The Hall–Kier alpha value is -3.75. The molecule has 0 radical (unpaired) electrons. The molecule has 1 atom stereocenters. The van der Waals surface area contributed by atoms with E-state index in [1.807, 2.05) is 41.2 Å². The van der Waals surface area contributed by atoms with Crippen molar-refractivity contribution in [2.24, 2.45) is 0 Å². The van der Waals surface area contributed by atoms with Gasteiger partial charge in [-0.1, -0.05) is 25.1 Å². The quantitative estimate of drug-likeness (QED) is 0.528. The summed E-state index contributed by atoms with van der Waals surface area (Å²) in [5.41, 5.74) is 3.41. The molecule has 1 saturated heterocycles. The summed E-state index contributed by atoms with van der Waals surface area (Å²) in [4.78, 5) is 47.4.